The van der Waals surface area contributed by atoms with E-state index < -0.39 is 11.8 Å². The lowest BCUT2D eigenvalue weighted by molar-refractivity contribution is 0.0817. The average molecular weight is 311 g/mol. The maximum atomic E-state index is 12.9. The zero-order chi connectivity index (χ0) is 15.4. The molecule has 5 nitrogen and oxygen atoms in total. The van der Waals surface area contributed by atoms with Crippen molar-refractivity contribution < 1.29 is 9.59 Å². The van der Waals surface area contributed by atoms with Crippen LogP contribution in [0.1, 0.15) is 38.0 Å². The first-order valence-electron chi connectivity index (χ1n) is 6.99. The second kappa shape index (κ2) is 4.58. The van der Waals surface area contributed by atoms with Crippen molar-refractivity contribution in [2.45, 2.75) is 5.92 Å². The first kappa shape index (κ1) is 13.3. The molecule has 2 aliphatic carbocycles. The Morgan fingerprint density at radius 3 is 2.41 bits per heavy atom. The molecule has 0 saturated carbocycles. The van der Waals surface area contributed by atoms with Gasteiger partial charge in [-0.15, -0.1) is 0 Å². The minimum absolute atomic E-state index is 0.0156. The van der Waals surface area contributed by atoms with E-state index in [4.69, 9.17) is 0 Å². The molecule has 0 N–H and O–H groups in total. The molecule has 2 atom stereocenters. The number of ketones is 2. The summed E-state index contributed by atoms with van der Waals surface area (Å²) in [6, 6.07) is 7.02. The zero-order valence-corrected chi connectivity index (χ0v) is 12.9. The van der Waals surface area contributed by atoms with E-state index in [1.807, 2.05) is 25.1 Å². The number of rotatable bonds is 1. The molecule has 0 spiro atoms. The predicted molar refractivity (Wildman–Crippen MR) is 82.9 cm³/mol. The second-order valence-corrected chi connectivity index (χ2v) is 6.25. The van der Waals surface area contributed by atoms with Crippen molar-refractivity contribution in [2.24, 2.45) is 5.92 Å². The fourth-order valence-corrected chi connectivity index (χ4v) is 3.83. The smallest absolute Gasteiger partial charge is 0.173 e. The Hall–Kier alpha value is -2.34. The van der Waals surface area contributed by atoms with Gasteiger partial charge in [-0.3, -0.25) is 9.59 Å². The van der Waals surface area contributed by atoms with E-state index in [9.17, 15) is 9.59 Å². The van der Waals surface area contributed by atoms with Crippen LogP contribution in [0.2, 0.25) is 0 Å². The van der Waals surface area contributed by atoms with Crippen molar-refractivity contribution in [3.63, 3.8) is 0 Å². The van der Waals surface area contributed by atoms with Gasteiger partial charge in [0.1, 0.15) is 5.69 Å². The molecule has 1 aromatic heterocycles. The normalized spacial score (nSPS) is 22.5. The molecule has 0 saturated heterocycles. The van der Waals surface area contributed by atoms with Crippen LogP contribution in [0, 0.1) is 5.92 Å². The van der Waals surface area contributed by atoms with Gasteiger partial charge in [0.25, 0.3) is 0 Å². The monoisotopic (exact) mass is 311 g/mol. The average Bonchev–Trinajstić information content (AvgIpc) is 3.00. The van der Waals surface area contributed by atoms with Crippen molar-refractivity contribution in [3.05, 3.63) is 52.9 Å². The summed E-state index contributed by atoms with van der Waals surface area (Å²) in [7, 11) is 3.80. The minimum Gasteiger partial charge on any atom is -0.376 e. The molecule has 0 aliphatic heterocycles. The Morgan fingerprint density at radius 2 is 1.73 bits per heavy atom. The molecule has 1 aromatic carbocycles. The lowest BCUT2D eigenvalue weighted by Crippen LogP contribution is -2.37. The number of nitrogens with zero attached hydrogens (tertiary/aromatic N) is 3. The van der Waals surface area contributed by atoms with Gasteiger partial charge < -0.3 is 4.90 Å². The summed E-state index contributed by atoms with van der Waals surface area (Å²) >= 11 is 1.09. The number of carbonyl (C=O) groups excluding carboxylic acids is 2. The molecule has 0 bridgehead atoms. The summed E-state index contributed by atoms with van der Waals surface area (Å²) in [6.07, 6.45) is 1.87. The number of aromatic nitrogens is 2. The third-order valence-electron chi connectivity index (χ3n) is 4.27. The van der Waals surface area contributed by atoms with Crippen LogP contribution in [-0.2, 0) is 0 Å². The molecule has 2 aliphatic rings. The van der Waals surface area contributed by atoms with E-state index in [-0.39, 0.29) is 11.6 Å². The van der Waals surface area contributed by atoms with E-state index in [0.29, 0.717) is 16.8 Å². The molecule has 1 heterocycles. The molecule has 0 amide bonds. The Kier molecular flexibility index (Phi) is 2.77. The lowest BCUT2D eigenvalue weighted by Gasteiger charge is -2.33. The number of allylic oxidation sites excluding steroid dienone is 1. The second-order valence-electron chi connectivity index (χ2n) is 5.72. The van der Waals surface area contributed by atoms with Crippen molar-refractivity contribution in [3.8, 4) is 0 Å². The molecule has 22 heavy (non-hydrogen) atoms. The van der Waals surface area contributed by atoms with Gasteiger partial charge in [-0.1, -0.05) is 24.3 Å². The maximum Gasteiger partial charge on any atom is 0.173 e. The Labute approximate surface area is 131 Å². The van der Waals surface area contributed by atoms with Crippen LogP contribution in [-0.4, -0.2) is 39.3 Å². The van der Waals surface area contributed by atoms with Crippen LogP contribution in [0.4, 0.5) is 0 Å². The van der Waals surface area contributed by atoms with Gasteiger partial charge in [0, 0.05) is 25.2 Å². The molecule has 6 heteroatoms. The van der Waals surface area contributed by atoms with Crippen LogP contribution >= 0.6 is 11.7 Å². The highest BCUT2D eigenvalue weighted by atomic mass is 32.1. The Bertz CT molecular complexity index is 837. The number of carbonyl (C=O) groups is 2. The summed E-state index contributed by atoms with van der Waals surface area (Å²) < 4.78 is 8.64. The van der Waals surface area contributed by atoms with E-state index in [1.165, 1.54) is 0 Å². The van der Waals surface area contributed by atoms with E-state index in [0.717, 1.165) is 23.1 Å². The fourth-order valence-electron chi connectivity index (χ4n) is 3.23. The number of hydrogen-bond donors (Lipinski definition) is 0. The fraction of sp³-hybridized carbons (Fsp3) is 0.250. The highest BCUT2D eigenvalue weighted by Gasteiger charge is 2.46. The predicted octanol–water partition coefficient (Wildman–Crippen LogP) is 2.23. The third-order valence-corrected chi connectivity index (χ3v) is 4.82. The van der Waals surface area contributed by atoms with E-state index in [2.05, 4.69) is 8.75 Å². The number of benzene rings is 1. The van der Waals surface area contributed by atoms with Crippen LogP contribution < -0.4 is 0 Å². The third kappa shape index (κ3) is 1.64. The van der Waals surface area contributed by atoms with Gasteiger partial charge in [-0.25, -0.2) is 0 Å². The molecular weight excluding hydrogens is 298 g/mol. The molecule has 2 unspecified atom stereocenters. The topological polar surface area (TPSA) is 63.2 Å². The minimum atomic E-state index is -0.542. The SMILES string of the molecule is CN(C)C1=CC2C(=O)c3ccccc3C(=O)C2c2nsnc21. The Morgan fingerprint density at radius 1 is 1.05 bits per heavy atom. The summed E-state index contributed by atoms with van der Waals surface area (Å²) in [5, 5.41) is 0. The van der Waals surface area contributed by atoms with Gasteiger partial charge in [0.05, 0.1) is 35.0 Å². The van der Waals surface area contributed by atoms with Gasteiger partial charge in [0.15, 0.2) is 11.6 Å². The summed E-state index contributed by atoms with van der Waals surface area (Å²) in [6.45, 7) is 0. The van der Waals surface area contributed by atoms with Crippen molar-refractivity contribution in [1.82, 2.24) is 13.6 Å². The van der Waals surface area contributed by atoms with Crippen LogP contribution in [0.25, 0.3) is 5.70 Å². The molecule has 110 valence electrons. The number of fused-ring (bicyclic) bond motifs is 4. The van der Waals surface area contributed by atoms with Crippen LogP contribution in [0.5, 0.6) is 0 Å². The van der Waals surface area contributed by atoms with Gasteiger partial charge in [-0.2, -0.15) is 8.75 Å². The highest BCUT2D eigenvalue weighted by molar-refractivity contribution is 6.99. The summed E-state index contributed by atoms with van der Waals surface area (Å²) in [4.78, 5) is 27.6. The molecule has 0 radical (unpaired) electrons. The summed E-state index contributed by atoms with van der Waals surface area (Å²) in [5.74, 6) is -1.09. The van der Waals surface area contributed by atoms with Crippen LogP contribution in [0.3, 0.4) is 0 Å². The lowest BCUT2D eigenvalue weighted by atomic mass is 9.69. The van der Waals surface area contributed by atoms with Gasteiger partial charge in [0.2, 0.25) is 0 Å². The van der Waals surface area contributed by atoms with Crippen molar-refractivity contribution >= 4 is 29.0 Å². The maximum absolute atomic E-state index is 12.9. The van der Waals surface area contributed by atoms with Crippen molar-refractivity contribution in [1.29, 1.82) is 0 Å². The largest absolute Gasteiger partial charge is 0.376 e. The van der Waals surface area contributed by atoms with E-state index >= 15 is 0 Å². The molecule has 4 rings (SSSR count). The first-order chi connectivity index (χ1) is 10.6. The quantitative estimate of drug-likeness (QED) is 0.808. The number of hydrogen-bond acceptors (Lipinski definition) is 6. The number of Topliss-reactive ketones (excluding diaryl/α,β-unsaturated/α-hetero) is 2. The van der Waals surface area contributed by atoms with Crippen LogP contribution in [0.15, 0.2) is 30.3 Å². The zero-order valence-electron chi connectivity index (χ0n) is 12.1. The standard InChI is InChI=1S/C16H13N3O2S/c1-19(2)11-7-10-12(14-13(11)17-22-18-14)16(21)9-6-4-3-5-8(9)15(10)20/h3-7,10,12H,1-2H3. The van der Waals surface area contributed by atoms with Gasteiger partial charge in [-0.05, 0) is 6.08 Å². The van der Waals surface area contributed by atoms with E-state index in [1.54, 1.807) is 24.3 Å². The first-order valence-corrected chi connectivity index (χ1v) is 7.72. The molecule has 0 fully saturated rings. The highest BCUT2D eigenvalue weighted by Crippen LogP contribution is 2.44. The molecular formula is C16H13N3O2S. The van der Waals surface area contributed by atoms with Gasteiger partial charge >= 0.3 is 0 Å². The molecule has 2 aromatic rings. The summed E-state index contributed by atoms with van der Waals surface area (Å²) in [5.41, 5.74) is 3.21. The van der Waals surface area contributed by atoms with Crippen molar-refractivity contribution in [2.75, 3.05) is 14.1 Å². The Balaban J connectivity index is 1.97.